The third-order valence-corrected chi connectivity index (χ3v) is 5.73. The Kier molecular flexibility index (Phi) is 7.33. The molecule has 0 radical (unpaired) electrons. The van der Waals surface area contributed by atoms with Crippen LogP contribution in [-0.4, -0.2) is 21.5 Å². The lowest BCUT2D eigenvalue weighted by Gasteiger charge is -2.24. The number of benzene rings is 2. The number of hydrogen-bond acceptors (Lipinski definition) is 6. The Morgan fingerprint density at radius 2 is 1.94 bits per heavy atom. The van der Waals surface area contributed by atoms with Gasteiger partial charge in [0, 0.05) is 18.1 Å². The maximum atomic E-state index is 14.7. The second kappa shape index (κ2) is 9.96. The number of H-pyrrole nitrogens is 1. The summed E-state index contributed by atoms with van der Waals surface area (Å²) in [5.41, 5.74) is 4.41. The molecule has 0 aliphatic heterocycles. The number of quaternary nitrogens is 1. The van der Waals surface area contributed by atoms with Crippen molar-refractivity contribution < 1.29 is 27.5 Å². The number of aromatic amines is 1. The van der Waals surface area contributed by atoms with Crippen LogP contribution in [0.1, 0.15) is 41.5 Å². The molecule has 3 unspecified atom stereocenters. The molecule has 31 heavy (non-hydrogen) atoms. The Morgan fingerprint density at radius 3 is 2.55 bits per heavy atom. The van der Waals surface area contributed by atoms with E-state index in [4.69, 9.17) is 13.4 Å². The molecule has 1 aromatic heterocycles. The zero-order valence-corrected chi connectivity index (χ0v) is 18.3. The highest BCUT2D eigenvalue weighted by molar-refractivity contribution is 7.78. The van der Waals surface area contributed by atoms with Crippen molar-refractivity contribution in [2.45, 2.75) is 32.7 Å². The van der Waals surface area contributed by atoms with Crippen molar-refractivity contribution in [1.29, 1.82) is 0 Å². The van der Waals surface area contributed by atoms with Gasteiger partial charge in [-0.1, -0.05) is 13.0 Å². The van der Waals surface area contributed by atoms with E-state index in [2.05, 4.69) is 14.9 Å². The SMILES string of the molecule is CO[NH2+]c1ccc(OS(=O)NC(c2n[nH]c(=O)o2)C(C)c2c(F)ccc(C)c2C)cc1. The second-order valence-electron chi connectivity index (χ2n) is 6.98. The van der Waals surface area contributed by atoms with Crippen LogP contribution in [0.3, 0.4) is 0 Å². The first kappa shape index (κ1) is 22.8. The van der Waals surface area contributed by atoms with Crippen LogP contribution in [0.25, 0.3) is 0 Å². The van der Waals surface area contributed by atoms with E-state index in [9.17, 15) is 13.4 Å². The van der Waals surface area contributed by atoms with Crippen LogP contribution in [0, 0.1) is 19.7 Å². The number of rotatable bonds is 9. The van der Waals surface area contributed by atoms with Gasteiger partial charge in [-0.15, -0.1) is 5.10 Å². The van der Waals surface area contributed by atoms with Gasteiger partial charge in [-0.3, -0.25) is 0 Å². The molecule has 0 aliphatic carbocycles. The average molecular weight is 452 g/mol. The fourth-order valence-electron chi connectivity index (χ4n) is 3.22. The van der Waals surface area contributed by atoms with Crippen LogP contribution < -0.4 is 20.1 Å². The number of aryl methyl sites for hydroxylation is 1. The van der Waals surface area contributed by atoms with Gasteiger partial charge in [0.25, 0.3) is 11.3 Å². The lowest BCUT2D eigenvalue weighted by atomic mass is 9.88. The summed E-state index contributed by atoms with van der Waals surface area (Å²) in [5, 5.41) is 6.02. The van der Waals surface area contributed by atoms with Crippen LogP contribution in [0.15, 0.2) is 45.6 Å². The maximum absolute atomic E-state index is 14.7. The Morgan fingerprint density at radius 1 is 1.23 bits per heavy atom. The van der Waals surface area contributed by atoms with Gasteiger partial charge >= 0.3 is 5.76 Å². The number of hydrogen-bond donors (Lipinski definition) is 3. The van der Waals surface area contributed by atoms with Gasteiger partial charge in [-0.05, 0) is 48.7 Å². The zero-order chi connectivity index (χ0) is 22.5. The Hall–Kier alpha value is -2.86. The molecule has 3 aromatic rings. The molecule has 4 N–H and O–H groups in total. The molecule has 0 amide bonds. The summed E-state index contributed by atoms with van der Waals surface area (Å²) in [6, 6.07) is 8.87. The minimum Gasteiger partial charge on any atom is -0.391 e. The molecule has 2 aromatic carbocycles. The minimum absolute atomic E-state index is 0.0557. The molecule has 0 aliphatic rings. The fourth-order valence-corrected chi connectivity index (χ4v) is 4.07. The Labute approximate surface area is 180 Å². The normalized spacial score (nSPS) is 14.2. The van der Waals surface area contributed by atoms with E-state index in [0.29, 0.717) is 11.3 Å². The highest BCUT2D eigenvalue weighted by Gasteiger charge is 2.31. The first-order valence-electron chi connectivity index (χ1n) is 9.43. The summed E-state index contributed by atoms with van der Waals surface area (Å²) in [7, 11) is 1.54. The molecule has 0 fully saturated rings. The summed E-state index contributed by atoms with van der Waals surface area (Å²) in [6.07, 6.45) is 0. The summed E-state index contributed by atoms with van der Waals surface area (Å²) in [6.45, 7) is 5.39. The number of nitrogens with two attached hydrogens (primary N) is 1. The van der Waals surface area contributed by atoms with Crippen LogP contribution in [-0.2, 0) is 16.1 Å². The van der Waals surface area contributed by atoms with Gasteiger partial charge < -0.3 is 8.60 Å². The molecule has 3 atom stereocenters. The van der Waals surface area contributed by atoms with Crippen molar-refractivity contribution in [3.8, 4) is 5.75 Å². The summed E-state index contributed by atoms with van der Waals surface area (Å²) < 4.78 is 40.6. The summed E-state index contributed by atoms with van der Waals surface area (Å²) >= 11 is -2.05. The molecule has 0 spiro atoms. The topological polar surface area (TPSA) is 123 Å². The van der Waals surface area contributed by atoms with Gasteiger partial charge in [0.1, 0.15) is 17.6 Å². The molecule has 11 heteroatoms. The first-order chi connectivity index (χ1) is 14.8. The highest BCUT2D eigenvalue weighted by Crippen LogP contribution is 2.34. The van der Waals surface area contributed by atoms with Crippen molar-refractivity contribution >= 4 is 17.0 Å². The molecule has 0 bridgehead atoms. The van der Waals surface area contributed by atoms with Crippen LogP contribution in [0.5, 0.6) is 5.75 Å². The standard InChI is InChI=1S/C20H23FN4O5S/c1-11-5-10-16(21)17(12(11)2)13(3)18(19-22-23-20(26)29-19)25-31(27)30-15-8-6-14(7-9-15)24-28-4/h5-10,13,18,24-25H,1-4H3,(H,23,26)/p+1. The van der Waals surface area contributed by atoms with Gasteiger partial charge in [0.15, 0.2) is 5.69 Å². The monoisotopic (exact) mass is 451 g/mol. The zero-order valence-electron chi connectivity index (χ0n) is 17.5. The van der Waals surface area contributed by atoms with Gasteiger partial charge in [-0.25, -0.2) is 19.1 Å². The van der Waals surface area contributed by atoms with Crippen molar-refractivity contribution in [3.63, 3.8) is 0 Å². The van der Waals surface area contributed by atoms with Gasteiger partial charge in [0.05, 0.1) is 7.11 Å². The van der Waals surface area contributed by atoms with Gasteiger partial charge in [0.2, 0.25) is 5.89 Å². The van der Waals surface area contributed by atoms with E-state index in [1.165, 1.54) is 13.2 Å². The quantitative estimate of drug-likeness (QED) is 0.338. The first-order valence-corrected chi connectivity index (χ1v) is 10.5. The number of nitrogens with zero attached hydrogens (tertiary/aromatic N) is 1. The lowest BCUT2D eigenvalue weighted by molar-refractivity contribution is -0.830. The number of halogens is 1. The van der Waals surface area contributed by atoms with E-state index in [1.807, 2.05) is 6.92 Å². The van der Waals surface area contributed by atoms with Crippen molar-refractivity contribution in [2.24, 2.45) is 0 Å². The summed E-state index contributed by atoms with van der Waals surface area (Å²) in [4.78, 5) is 16.4. The molecular formula is C20H24FN4O5S+. The maximum Gasteiger partial charge on any atom is 0.434 e. The van der Waals surface area contributed by atoms with E-state index >= 15 is 0 Å². The van der Waals surface area contributed by atoms with Crippen LogP contribution in [0.4, 0.5) is 10.1 Å². The molecule has 1 heterocycles. The third kappa shape index (κ3) is 5.44. The number of aromatic nitrogens is 2. The second-order valence-corrected chi connectivity index (χ2v) is 7.85. The Balaban J connectivity index is 1.85. The molecular weight excluding hydrogens is 427 g/mol. The van der Waals surface area contributed by atoms with Crippen molar-refractivity contribution in [2.75, 3.05) is 7.11 Å². The molecule has 9 nitrogen and oxygen atoms in total. The average Bonchev–Trinajstić information content (AvgIpc) is 3.17. The molecule has 166 valence electrons. The van der Waals surface area contributed by atoms with E-state index in [-0.39, 0.29) is 5.89 Å². The largest absolute Gasteiger partial charge is 0.434 e. The summed E-state index contributed by atoms with van der Waals surface area (Å²) in [5.74, 6) is -1.49. The molecule has 3 rings (SSSR count). The van der Waals surface area contributed by atoms with E-state index < -0.39 is 34.8 Å². The Bertz CT molecular complexity index is 1120. The van der Waals surface area contributed by atoms with E-state index in [1.54, 1.807) is 49.7 Å². The predicted molar refractivity (Wildman–Crippen MR) is 111 cm³/mol. The van der Waals surface area contributed by atoms with Crippen LogP contribution in [0.2, 0.25) is 0 Å². The third-order valence-electron chi connectivity index (χ3n) is 4.94. The van der Waals surface area contributed by atoms with Gasteiger partial charge in [-0.2, -0.15) is 14.4 Å². The molecule has 0 saturated carbocycles. The smallest absolute Gasteiger partial charge is 0.391 e. The highest BCUT2D eigenvalue weighted by atomic mass is 32.2. The minimum atomic E-state index is -2.05. The predicted octanol–water partition coefficient (Wildman–Crippen LogP) is 1.97. The molecule has 0 saturated heterocycles. The van der Waals surface area contributed by atoms with E-state index in [0.717, 1.165) is 16.8 Å². The van der Waals surface area contributed by atoms with Crippen LogP contribution >= 0.6 is 0 Å². The number of nitrogens with one attached hydrogen (secondary N) is 2. The fraction of sp³-hybridized carbons (Fsp3) is 0.300. The lowest BCUT2D eigenvalue weighted by Crippen LogP contribution is -2.75. The van der Waals surface area contributed by atoms with Crippen molar-refractivity contribution in [3.05, 3.63) is 75.3 Å². The van der Waals surface area contributed by atoms with Crippen molar-refractivity contribution in [1.82, 2.24) is 14.9 Å².